The van der Waals surface area contributed by atoms with E-state index in [0.29, 0.717) is 84.0 Å². The van der Waals surface area contributed by atoms with Crippen molar-refractivity contribution in [1.29, 1.82) is 0 Å². The third kappa shape index (κ3) is 12.4. The van der Waals surface area contributed by atoms with Gasteiger partial charge in [0.2, 0.25) is 0 Å². The molecule has 56 heavy (non-hydrogen) atoms. The Morgan fingerprint density at radius 2 is 0.982 bits per heavy atom. The van der Waals surface area contributed by atoms with E-state index in [4.69, 9.17) is 42.1 Å². The highest BCUT2D eigenvalue weighted by atomic mass is 16.6. The molecule has 14 atom stereocenters. The van der Waals surface area contributed by atoms with Gasteiger partial charge in [-0.05, 0) is 111 Å². The SMILES string of the molecule is CC1CCC2C(CO1)C(C(C)[C@@H](O)OC/C(N)=C/N(N)CC(C)(C)C(C)(C)CN(N)/C=C(\N)CO[C@H](O)C(C)C1CC[C@@H](C)C3CCC(C)OCC13)CC[C@H]2C. The molecule has 10 N–H and O–H groups in total. The van der Waals surface area contributed by atoms with Crippen LogP contribution in [0, 0.1) is 70.0 Å². The Kier molecular flexibility index (Phi) is 17.3. The minimum Gasteiger partial charge on any atom is -0.399 e. The van der Waals surface area contributed by atoms with Crippen molar-refractivity contribution in [3.63, 3.8) is 0 Å². The molecule has 12 heteroatoms. The summed E-state index contributed by atoms with van der Waals surface area (Å²) in [6, 6.07) is 0. The first-order valence-electron chi connectivity index (χ1n) is 22.0. The minimum absolute atomic E-state index is 0.0322. The fourth-order valence-corrected chi connectivity index (χ4v) is 10.6. The van der Waals surface area contributed by atoms with Gasteiger partial charge < -0.3 is 50.6 Å². The average Bonchev–Trinajstić information content (AvgIpc) is 3.45. The van der Waals surface area contributed by atoms with Gasteiger partial charge in [-0.2, -0.15) is 0 Å². The van der Waals surface area contributed by atoms with Gasteiger partial charge in [-0.1, -0.05) is 68.2 Å². The molecule has 2 aliphatic heterocycles. The van der Waals surface area contributed by atoms with Gasteiger partial charge in [0.1, 0.15) is 0 Å². The Balaban J connectivity index is 1.23. The third-order valence-electron chi connectivity index (χ3n) is 15.3. The predicted octanol–water partition coefficient (Wildman–Crippen LogP) is 5.89. The molecule has 0 aromatic heterocycles. The zero-order valence-corrected chi connectivity index (χ0v) is 36.9. The first kappa shape index (κ1) is 47.0. The summed E-state index contributed by atoms with van der Waals surface area (Å²) in [4.78, 5) is 0. The van der Waals surface area contributed by atoms with Gasteiger partial charge in [-0.15, -0.1) is 0 Å². The molecule has 0 radical (unpaired) electrons. The second-order valence-electron chi connectivity index (χ2n) is 20.2. The molecule has 326 valence electrons. The van der Waals surface area contributed by atoms with E-state index >= 15 is 0 Å². The molecule has 0 aromatic rings. The molecule has 2 heterocycles. The summed E-state index contributed by atoms with van der Waals surface area (Å²) < 4.78 is 24.2. The van der Waals surface area contributed by atoms with Crippen LogP contribution in [0.5, 0.6) is 0 Å². The quantitative estimate of drug-likeness (QED) is 0.0584. The molecular formula is C44H84N6O6. The van der Waals surface area contributed by atoms with Crippen LogP contribution in [0.4, 0.5) is 0 Å². The van der Waals surface area contributed by atoms with E-state index in [9.17, 15) is 10.2 Å². The Morgan fingerprint density at radius 1 is 0.625 bits per heavy atom. The number of aliphatic hydroxyl groups is 2. The summed E-state index contributed by atoms with van der Waals surface area (Å²) in [5, 5.41) is 25.4. The van der Waals surface area contributed by atoms with Gasteiger partial charge in [-0.3, -0.25) is 0 Å². The predicted molar refractivity (Wildman–Crippen MR) is 223 cm³/mol. The zero-order valence-electron chi connectivity index (χ0n) is 36.9. The Labute approximate surface area is 340 Å². The van der Waals surface area contributed by atoms with Crippen LogP contribution in [0.25, 0.3) is 0 Å². The molecule has 2 aliphatic carbocycles. The molecule has 0 aromatic carbocycles. The van der Waals surface area contributed by atoms with Crippen LogP contribution in [0.15, 0.2) is 23.8 Å². The second kappa shape index (κ2) is 20.6. The van der Waals surface area contributed by atoms with Gasteiger partial charge >= 0.3 is 0 Å². The fraction of sp³-hybridized carbons (Fsp3) is 0.909. The lowest BCUT2D eigenvalue weighted by Gasteiger charge is -2.45. The number of aliphatic hydroxyl groups excluding tert-OH is 2. The van der Waals surface area contributed by atoms with Gasteiger partial charge in [0.15, 0.2) is 12.6 Å². The van der Waals surface area contributed by atoms with Crippen LogP contribution in [-0.2, 0) is 18.9 Å². The lowest BCUT2D eigenvalue weighted by molar-refractivity contribution is -0.153. The molecule has 0 amide bonds. The Bertz CT molecular complexity index is 1170. The van der Waals surface area contributed by atoms with Crippen molar-refractivity contribution in [2.45, 2.75) is 145 Å². The molecule has 12 nitrogen and oxygen atoms in total. The Morgan fingerprint density at radius 3 is 1.34 bits per heavy atom. The van der Waals surface area contributed by atoms with Crippen molar-refractivity contribution in [3.05, 3.63) is 23.8 Å². The van der Waals surface area contributed by atoms with Crippen molar-refractivity contribution >= 4 is 0 Å². The van der Waals surface area contributed by atoms with E-state index in [2.05, 4.69) is 69.2 Å². The van der Waals surface area contributed by atoms with Crippen molar-refractivity contribution in [1.82, 2.24) is 10.0 Å². The first-order chi connectivity index (χ1) is 26.2. The Hall–Kier alpha value is -1.64. The van der Waals surface area contributed by atoms with E-state index in [-0.39, 0.29) is 35.9 Å². The third-order valence-corrected chi connectivity index (χ3v) is 15.3. The van der Waals surface area contributed by atoms with Gasteiger partial charge in [0.05, 0.1) is 50.0 Å². The van der Waals surface area contributed by atoms with E-state index in [1.165, 1.54) is 25.7 Å². The fourth-order valence-electron chi connectivity index (χ4n) is 10.6. The van der Waals surface area contributed by atoms with Crippen LogP contribution in [0.3, 0.4) is 0 Å². The molecule has 4 fully saturated rings. The molecule has 4 aliphatic rings. The highest BCUT2D eigenvalue weighted by Crippen LogP contribution is 2.48. The maximum atomic E-state index is 11.1. The smallest absolute Gasteiger partial charge is 0.157 e. The van der Waals surface area contributed by atoms with E-state index < -0.39 is 12.6 Å². The molecule has 4 rings (SSSR count). The van der Waals surface area contributed by atoms with Gasteiger partial charge in [-0.25, -0.2) is 11.7 Å². The van der Waals surface area contributed by atoms with Crippen molar-refractivity contribution in [2.24, 2.45) is 93.2 Å². The standard InChI is InChI=1S/C44H84N6O6/c1-27-11-15-37(39-23-53-29(3)13-17-35(27)39)31(5)41(51)55-21-33(45)19-49(47)25-43(7,8)44(9,10)26-50(48)20-34(46)22-56-42(52)32(6)38-16-12-28(2)36-18-14-30(4)54-24-40(36)38/h19-20,27-32,35-42,51-52H,11-18,21-26,45-48H2,1-10H3/b33-19-,34-20-/t27-,28-,29?,30?,31?,32?,35?,36?,37?,38?,39?,40?,41+,42+/m1/s1. The average molecular weight is 793 g/mol. The topological polar surface area (TPSA) is 188 Å². The zero-order chi connectivity index (χ0) is 41.5. The summed E-state index contributed by atoms with van der Waals surface area (Å²) in [6.45, 7) is 24.5. The highest BCUT2D eigenvalue weighted by molar-refractivity contribution is 5.01. The van der Waals surface area contributed by atoms with Crippen molar-refractivity contribution in [2.75, 3.05) is 39.5 Å². The molecule has 0 bridgehead atoms. The number of fused-ring (bicyclic) bond motifs is 2. The molecular weight excluding hydrogens is 709 g/mol. The number of nitrogens with zero attached hydrogens (tertiary/aromatic N) is 2. The summed E-state index contributed by atoms with van der Waals surface area (Å²) in [7, 11) is 0. The first-order valence-corrected chi connectivity index (χ1v) is 22.0. The lowest BCUT2D eigenvalue weighted by atomic mass is 9.62. The number of nitrogens with two attached hydrogens (primary N) is 4. The number of hydrogen-bond donors (Lipinski definition) is 6. The summed E-state index contributed by atoms with van der Waals surface area (Å²) in [5.74, 6) is 17.1. The summed E-state index contributed by atoms with van der Waals surface area (Å²) >= 11 is 0. The van der Waals surface area contributed by atoms with Crippen molar-refractivity contribution in [3.8, 4) is 0 Å². The van der Waals surface area contributed by atoms with Crippen LogP contribution in [0.2, 0.25) is 0 Å². The maximum absolute atomic E-state index is 11.1. The monoisotopic (exact) mass is 793 g/mol. The van der Waals surface area contributed by atoms with Crippen molar-refractivity contribution < 1.29 is 29.2 Å². The number of hydrazine groups is 2. The summed E-state index contributed by atoms with van der Waals surface area (Å²) in [5.41, 5.74) is 13.0. The van der Waals surface area contributed by atoms with Gasteiger partial charge in [0.25, 0.3) is 0 Å². The van der Waals surface area contributed by atoms with Gasteiger partial charge in [0, 0.05) is 37.3 Å². The highest BCUT2D eigenvalue weighted by Gasteiger charge is 2.45. The largest absolute Gasteiger partial charge is 0.399 e. The molecule has 2 saturated carbocycles. The summed E-state index contributed by atoms with van der Waals surface area (Å²) in [6.07, 6.45) is 11.2. The van der Waals surface area contributed by atoms with Crippen LogP contribution in [-0.4, -0.2) is 84.5 Å². The minimum atomic E-state index is -0.926. The lowest BCUT2D eigenvalue weighted by Crippen LogP contribution is -2.50. The van der Waals surface area contributed by atoms with Crippen LogP contribution < -0.4 is 23.2 Å². The maximum Gasteiger partial charge on any atom is 0.157 e. The van der Waals surface area contributed by atoms with E-state index in [1.54, 1.807) is 22.4 Å². The molecule has 2 saturated heterocycles. The number of rotatable bonds is 17. The van der Waals surface area contributed by atoms with E-state index in [1.807, 2.05) is 0 Å². The second-order valence-corrected chi connectivity index (χ2v) is 20.2. The number of ether oxygens (including phenoxy) is 4. The molecule has 10 unspecified atom stereocenters. The molecule has 0 spiro atoms. The van der Waals surface area contributed by atoms with Crippen LogP contribution in [0.1, 0.15) is 121 Å². The normalized spacial score (nSPS) is 34.6. The number of hydrogen-bond acceptors (Lipinski definition) is 12. The van der Waals surface area contributed by atoms with E-state index in [0.717, 1.165) is 38.9 Å². The van der Waals surface area contributed by atoms with Crippen LogP contribution >= 0.6 is 0 Å².